The predicted molar refractivity (Wildman–Crippen MR) is 200 cm³/mol. The van der Waals surface area contributed by atoms with Gasteiger partial charge in [0.1, 0.15) is 24.7 Å². The average molecular weight is 843 g/mol. The van der Waals surface area contributed by atoms with Crippen LogP contribution < -0.4 is 24.4 Å². The van der Waals surface area contributed by atoms with Gasteiger partial charge in [-0.15, -0.1) is 0 Å². The van der Waals surface area contributed by atoms with Gasteiger partial charge in [0.25, 0.3) is 5.56 Å². The molecule has 0 fully saturated rings. The van der Waals surface area contributed by atoms with Crippen molar-refractivity contribution in [2.75, 3.05) is 6.61 Å². The van der Waals surface area contributed by atoms with E-state index in [1.165, 1.54) is 37.3 Å². The highest BCUT2D eigenvalue weighted by atomic mass is 35.5. The molecular weight excluding hydrogens is 819 g/mol. The number of carbonyl (C=O) groups is 1. The Balaban J connectivity index is 1.46. The molecule has 1 aliphatic rings. The fraction of sp³-hybridized carbons (Fsp3) is 0.162. The lowest BCUT2D eigenvalue weighted by Crippen LogP contribution is -2.41. The van der Waals surface area contributed by atoms with Crippen LogP contribution in [0.25, 0.3) is 6.08 Å². The van der Waals surface area contributed by atoms with Gasteiger partial charge in [0.05, 0.1) is 42.8 Å². The second kappa shape index (κ2) is 16.2. The van der Waals surface area contributed by atoms with Crippen molar-refractivity contribution < 1.29 is 32.2 Å². The number of esters is 1. The fourth-order valence-corrected chi connectivity index (χ4v) is 7.14. The van der Waals surface area contributed by atoms with E-state index in [9.17, 15) is 22.8 Å². The molecular formula is C37H24Cl5F3N2O5S. The van der Waals surface area contributed by atoms with Gasteiger partial charge in [-0.05, 0) is 78.2 Å². The summed E-state index contributed by atoms with van der Waals surface area (Å²) < 4.78 is 61.9. The lowest BCUT2D eigenvalue weighted by molar-refractivity contribution is -0.140. The van der Waals surface area contributed by atoms with Crippen molar-refractivity contribution in [2.24, 2.45) is 4.99 Å². The standard InChI is InChI=1S/C37H24Cl5F3N2O5S/c1-2-50-35(49)31-32(21-5-8-23(38)9-6-21)47-34(48)30(53-36(47)46-33(31)37(43,44)45)15-22-7-10-24(51-17-19-3-11-25(39)27(41)13-19)16-29(22)52-18-20-4-12-26(40)28(42)14-20/h3-16,32H,2,17-18H2,1H3/b30-15+/t32-/m0/s1. The SMILES string of the molecule is CCOC(=O)C1=C(C(F)(F)F)N=c2s/c(=C/c3ccc(OCc4ccc(Cl)c(Cl)c4)cc3OCc3ccc(Cl)c(Cl)c3)c(=O)n2[C@H]1c1ccc(Cl)cc1. The van der Waals surface area contributed by atoms with Crippen molar-refractivity contribution in [1.29, 1.82) is 0 Å². The summed E-state index contributed by atoms with van der Waals surface area (Å²) in [4.78, 5) is 30.9. The molecule has 1 atom stereocenters. The summed E-state index contributed by atoms with van der Waals surface area (Å²) in [6.45, 7) is 1.42. The number of alkyl halides is 3. The van der Waals surface area contributed by atoms with Crippen molar-refractivity contribution in [1.82, 2.24) is 4.57 Å². The van der Waals surface area contributed by atoms with E-state index in [0.29, 0.717) is 42.0 Å². The molecule has 0 spiro atoms. The van der Waals surface area contributed by atoms with Gasteiger partial charge >= 0.3 is 12.1 Å². The van der Waals surface area contributed by atoms with E-state index in [0.717, 1.165) is 21.5 Å². The second-order valence-electron chi connectivity index (χ2n) is 11.4. The lowest BCUT2D eigenvalue weighted by atomic mass is 9.95. The number of ether oxygens (including phenoxy) is 3. The molecule has 0 radical (unpaired) electrons. The first-order valence-electron chi connectivity index (χ1n) is 15.6. The molecule has 1 aromatic heterocycles. The van der Waals surface area contributed by atoms with Gasteiger partial charge in [-0.3, -0.25) is 9.36 Å². The Bertz CT molecular complexity index is 2430. The molecule has 0 bridgehead atoms. The smallest absolute Gasteiger partial charge is 0.434 e. The first kappa shape index (κ1) is 38.7. The fourth-order valence-electron chi connectivity index (χ4n) is 5.38. The summed E-state index contributed by atoms with van der Waals surface area (Å²) in [6.07, 6.45) is -3.59. The molecule has 0 unspecified atom stereocenters. The minimum Gasteiger partial charge on any atom is -0.489 e. The molecule has 0 N–H and O–H groups in total. The number of hydrogen-bond acceptors (Lipinski definition) is 7. The summed E-state index contributed by atoms with van der Waals surface area (Å²) in [5.74, 6) is -0.589. The highest BCUT2D eigenvalue weighted by Crippen LogP contribution is 2.39. The first-order valence-corrected chi connectivity index (χ1v) is 18.3. The third kappa shape index (κ3) is 8.72. The summed E-state index contributed by atoms with van der Waals surface area (Å²) in [6, 6.07) is 19.2. The molecule has 2 heterocycles. The number of rotatable bonds is 10. The maximum Gasteiger partial charge on any atom is 0.434 e. The minimum atomic E-state index is -5.05. The van der Waals surface area contributed by atoms with Gasteiger partial charge in [-0.1, -0.05) is 93.6 Å². The van der Waals surface area contributed by atoms with Crippen LogP contribution in [0.4, 0.5) is 13.2 Å². The third-order valence-corrected chi connectivity index (χ3v) is 10.5. The molecule has 0 saturated carbocycles. The highest BCUT2D eigenvalue weighted by molar-refractivity contribution is 7.07. The molecule has 7 nitrogen and oxygen atoms in total. The Morgan fingerprint density at radius 3 is 2.06 bits per heavy atom. The van der Waals surface area contributed by atoms with Gasteiger partial charge in [0, 0.05) is 16.7 Å². The van der Waals surface area contributed by atoms with Crippen LogP contribution in [0.3, 0.4) is 0 Å². The number of hydrogen-bond donors (Lipinski definition) is 0. The molecule has 0 saturated heterocycles. The average Bonchev–Trinajstić information content (AvgIpc) is 3.43. The topological polar surface area (TPSA) is 79.1 Å². The van der Waals surface area contributed by atoms with Gasteiger partial charge in [0.15, 0.2) is 10.5 Å². The summed E-state index contributed by atoms with van der Waals surface area (Å²) in [5, 5.41) is 1.75. The van der Waals surface area contributed by atoms with E-state index in [1.807, 2.05) is 0 Å². The summed E-state index contributed by atoms with van der Waals surface area (Å²) in [5.41, 5.74) is -0.976. The summed E-state index contributed by atoms with van der Waals surface area (Å²) >= 11 is 31.3. The van der Waals surface area contributed by atoms with Crippen molar-refractivity contribution in [3.63, 3.8) is 0 Å². The molecule has 1 aliphatic heterocycles. The van der Waals surface area contributed by atoms with Crippen LogP contribution in [0.15, 0.2) is 99.9 Å². The Hall–Kier alpha value is -3.97. The molecule has 4 aromatic carbocycles. The Morgan fingerprint density at radius 1 is 0.849 bits per heavy atom. The molecule has 6 rings (SSSR count). The number of halogens is 8. The lowest BCUT2D eigenvalue weighted by Gasteiger charge is -2.26. The predicted octanol–water partition coefficient (Wildman–Crippen LogP) is 9.77. The van der Waals surface area contributed by atoms with Crippen LogP contribution in [0.2, 0.25) is 25.1 Å². The monoisotopic (exact) mass is 840 g/mol. The Kier molecular flexibility index (Phi) is 11.8. The van der Waals surface area contributed by atoms with E-state index in [-0.39, 0.29) is 40.5 Å². The Morgan fingerprint density at radius 2 is 1.47 bits per heavy atom. The zero-order valence-electron chi connectivity index (χ0n) is 27.1. The van der Waals surface area contributed by atoms with Crippen LogP contribution in [0.5, 0.6) is 11.5 Å². The third-order valence-electron chi connectivity index (χ3n) is 7.82. The normalized spacial score (nSPS) is 14.5. The highest BCUT2D eigenvalue weighted by Gasteiger charge is 2.45. The Labute approximate surface area is 329 Å². The maximum absolute atomic E-state index is 14.5. The number of fused-ring (bicyclic) bond motifs is 1. The number of allylic oxidation sites excluding steroid dienone is 1. The minimum absolute atomic E-state index is 0.0122. The van der Waals surface area contributed by atoms with Crippen LogP contribution in [-0.4, -0.2) is 23.3 Å². The van der Waals surface area contributed by atoms with Gasteiger partial charge in [-0.2, -0.15) is 13.2 Å². The summed E-state index contributed by atoms with van der Waals surface area (Å²) in [7, 11) is 0. The maximum atomic E-state index is 14.5. The van der Waals surface area contributed by atoms with E-state index in [4.69, 9.17) is 72.2 Å². The van der Waals surface area contributed by atoms with Crippen LogP contribution in [0.1, 0.15) is 35.2 Å². The molecule has 0 amide bonds. The quantitative estimate of drug-likeness (QED) is 0.131. The number of nitrogens with zero attached hydrogens (tertiary/aromatic N) is 2. The molecule has 16 heteroatoms. The first-order chi connectivity index (χ1) is 25.2. The molecule has 0 aliphatic carbocycles. The zero-order valence-corrected chi connectivity index (χ0v) is 31.7. The van der Waals surface area contributed by atoms with E-state index in [2.05, 4.69) is 4.99 Å². The van der Waals surface area contributed by atoms with Crippen molar-refractivity contribution in [3.8, 4) is 11.5 Å². The van der Waals surface area contributed by atoms with E-state index < -0.39 is 35.0 Å². The van der Waals surface area contributed by atoms with Crippen LogP contribution in [-0.2, 0) is 22.7 Å². The van der Waals surface area contributed by atoms with Crippen molar-refractivity contribution in [2.45, 2.75) is 32.4 Å². The van der Waals surface area contributed by atoms with Crippen LogP contribution >= 0.6 is 69.3 Å². The largest absolute Gasteiger partial charge is 0.489 e. The number of carbonyl (C=O) groups excluding carboxylic acids is 1. The van der Waals surface area contributed by atoms with Crippen molar-refractivity contribution >= 4 is 81.4 Å². The van der Waals surface area contributed by atoms with E-state index in [1.54, 1.807) is 54.6 Å². The number of benzene rings is 4. The van der Waals surface area contributed by atoms with Gasteiger partial charge < -0.3 is 14.2 Å². The van der Waals surface area contributed by atoms with Crippen LogP contribution in [0, 0.1) is 0 Å². The van der Waals surface area contributed by atoms with Crippen molar-refractivity contribution in [3.05, 3.63) is 157 Å². The van der Waals surface area contributed by atoms with E-state index >= 15 is 0 Å². The van der Waals surface area contributed by atoms with Gasteiger partial charge in [0.2, 0.25) is 0 Å². The second-order valence-corrected chi connectivity index (χ2v) is 14.5. The zero-order chi connectivity index (χ0) is 38.0. The molecule has 53 heavy (non-hydrogen) atoms. The number of aromatic nitrogens is 1. The molecule has 274 valence electrons. The van der Waals surface area contributed by atoms with Gasteiger partial charge in [-0.25, -0.2) is 9.79 Å². The molecule has 5 aromatic rings. The number of thiazole rings is 1.